The number of nitrogen functional groups attached to an aromatic ring is 1. The SMILES string of the molecule is CC1CCN(C(N)=NCCCc2[nH]nc(N)c2C#N)CC1. The summed E-state index contributed by atoms with van der Waals surface area (Å²) in [7, 11) is 0. The molecule has 0 amide bonds. The van der Waals surface area contributed by atoms with E-state index in [1.165, 1.54) is 12.8 Å². The third-order valence-electron chi connectivity index (χ3n) is 3.95. The normalized spacial score (nSPS) is 17.0. The van der Waals surface area contributed by atoms with Crippen LogP contribution in [0.2, 0.25) is 0 Å². The number of aromatic amines is 1. The molecule has 1 aromatic heterocycles. The number of guanidine groups is 1. The van der Waals surface area contributed by atoms with Gasteiger partial charge in [0.1, 0.15) is 11.6 Å². The number of nitrogens with one attached hydrogen (secondary N) is 1. The van der Waals surface area contributed by atoms with Crippen LogP contribution in [-0.2, 0) is 6.42 Å². The number of hydrogen-bond donors (Lipinski definition) is 3. The number of aryl methyl sites for hydroxylation is 1. The first-order valence-electron chi connectivity index (χ1n) is 7.39. The fourth-order valence-corrected chi connectivity index (χ4v) is 2.49. The molecule has 1 fully saturated rings. The lowest BCUT2D eigenvalue weighted by Gasteiger charge is -2.31. The van der Waals surface area contributed by atoms with Crippen LogP contribution in [0, 0.1) is 17.2 Å². The summed E-state index contributed by atoms with van der Waals surface area (Å²) in [6.07, 6.45) is 3.85. The number of aliphatic imine (C=N–C) groups is 1. The molecule has 0 saturated carbocycles. The molecule has 7 nitrogen and oxygen atoms in total. The summed E-state index contributed by atoms with van der Waals surface area (Å²) in [6, 6.07) is 2.06. The molecule has 2 rings (SSSR count). The minimum atomic E-state index is 0.262. The summed E-state index contributed by atoms with van der Waals surface area (Å²) in [5.74, 6) is 1.67. The second-order valence-electron chi connectivity index (χ2n) is 5.59. The van der Waals surface area contributed by atoms with Crippen LogP contribution in [0.15, 0.2) is 4.99 Å². The Bertz CT molecular complexity index is 532. The van der Waals surface area contributed by atoms with Crippen molar-refractivity contribution in [1.29, 1.82) is 5.26 Å². The van der Waals surface area contributed by atoms with Crippen molar-refractivity contribution in [2.24, 2.45) is 16.6 Å². The van der Waals surface area contributed by atoms with E-state index in [-0.39, 0.29) is 5.82 Å². The summed E-state index contributed by atoms with van der Waals surface area (Å²) >= 11 is 0. The lowest BCUT2D eigenvalue weighted by atomic mass is 10.00. The van der Waals surface area contributed by atoms with Crippen molar-refractivity contribution >= 4 is 11.8 Å². The minimum Gasteiger partial charge on any atom is -0.381 e. The maximum absolute atomic E-state index is 8.98. The van der Waals surface area contributed by atoms with E-state index < -0.39 is 0 Å². The van der Waals surface area contributed by atoms with Crippen LogP contribution in [0.4, 0.5) is 5.82 Å². The predicted molar refractivity (Wildman–Crippen MR) is 82.5 cm³/mol. The molecule has 2 heterocycles. The molecule has 114 valence electrons. The average Bonchev–Trinajstić information content (AvgIpc) is 2.84. The molecule has 1 saturated heterocycles. The van der Waals surface area contributed by atoms with Gasteiger partial charge in [0.05, 0.1) is 5.69 Å². The number of likely N-dealkylation sites (tertiary alicyclic amines) is 1. The quantitative estimate of drug-likeness (QED) is 0.431. The zero-order valence-corrected chi connectivity index (χ0v) is 12.5. The molecule has 0 aromatic carbocycles. The van der Waals surface area contributed by atoms with Gasteiger partial charge in [0, 0.05) is 19.6 Å². The third-order valence-corrected chi connectivity index (χ3v) is 3.95. The van der Waals surface area contributed by atoms with Gasteiger partial charge >= 0.3 is 0 Å². The van der Waals surface area contributed by atoms with E-state index in [0.29, 0.717) is 24.5 Å². The Morgan fingerprint density at radius 2 is 2.24 bits per heavy atom. The number of piperidine rings is 1. The van der Waals surface area contributed by atoms with Crippen molar-refractivity contribution in [3.8, 4) is 6.07 Å². The van der Waals surface area contributed by atoms with E-state index in [1.807, 2.05) is 0 Å². The summed E-state index contributed by atoms with van der Waals surface area (Å²) in [4.78, 5) is 6.57. The van der Waals surface area contributed by atoms with Crippen molar-refractivity contribution in [2.45, 2.75) is 32.6 Å². The Kier molecular flexibility index (Phi) is 5.04. The van der Waals surface area contributed by atoms with Crippen molar-refractivity contribution in [2.75, 3.05) is 25.4 Å². The van der Waals surface area contributed by atoms with E-state index in [1.54, 1.807) is 0 Å². The molecular formula is C14H23N7. The smallest absolute Gasteiger partial charge is 0.191 e. The first kappa shape index (κ1) is 15.2. The number of anilines is 1. The highest BCUT2D eigenvalue weighted by Crippen LogP contribution is 2.16. The molecule has 5 N–H and O–H groups in total. The summed E-state index contributed by atoms with van der Waals surface area (Å²) < 4.78 is 0. The monoisotopic (exact) mass is 289 g/mol. The highest BCUT2D eigenvalue weighted by molar-refractivity contribution is 5.78. The minimum absolute atomic E-state index is 0.262. The second kappa shape index (κ2) is 6.97. The van der Waals surface area contributed by atoms with Gasteiger partial charge in [0.15, 0.2) is 11.8 Å². The number of rotatable bonds is 4. The summed E-state index contributed by atoms with van der Waals surface area (Å²) in [5, 5.41) is 15.6. The predicted octanol–water partition coefficient (Wildman–Crippen LogP) is 0.843. The topological polar surface area (TPSA) is 120 Å². The van der Waals surface area contributed by atoms with Crippen LogP contribution in [0.5, 0.6) is 0 Å². The Balaban J connectivity index is 1.78. The van der Waals surface area contributed by atoms with Crippen LogP contribution >= 0.6 is 0 Å². The standard InChI is InChI=1S/C14H23N7/c1-10-4-7-21(8-5-10)14(17)18-6-2-3-12-11(9-15)13(16)20-19-12/h10H,2-8H2,1H3,(H2,17,18)(H3,16,19,20). The number of hydrogen-bond acceptors (Lipinski definition) is 4. The van der Waals surface area contributed by atoms with Gasteiger partial charge in [-0.2, -0.15) is 10.4 Å². The zero-order valence-electron chi connectivity index (χ0n) is 12.5. The molecular weight excluding hydrogens is 266 g/mol. The van der Waals surface area contributed by atoms with Crippen LogP contribution in [-0.4, -0.2) is 40.7 Å². The first-order chi connectivity index (χ1) is 10.1. The van der Waals surface area contributed by atoms with Crippen molar-refractivity contribution < 1.29 is 0 Å². The molecule has 1 aliphatic rings. The maximum atomic E-state index is 8.98. The third kappa shape index (κ3) is 3.88. The number of nitrogens with zero attached hydrogens (tertiary/aromatic N) is 4. The van der Waals surface area contributed by atoms with Crippen LogP contribution in [0.25, 0.3) is 0 Å². The number of H-pyrrole nitrogens is 1. The maximum Gasteiger partial charge on any atom is 0.191 e. The number of nitriles is 1. The van der Waals surface area contributed by atoms with Gasteiger partial charge in [-0.15, -0.1) is 0 Å². The molecule has 21 heavy (non-hydrogen) atoms. The van der Waals surface area contributed by atoms with E-state index >= 15 is 0 Å². The Morgan fingerprint density at radius 1 is 1.52 bits per heavy atom. The molecule has 7 heteroatoms. The molecule has 0 aliphatic carbocycles. The summed E-state index contributed by atoms with van der Waals surface area (Å²) in [6.45, 7) is 4.90. The van der Waals surface area contributed by atoms with Crippen LogP contribution in [0.3, 0.4) is 0 Å². The van der Waals surface area contributed by atoms with Crippen molar-refractivity contribution in [3.05, 3.63) is 11.3 Å². The lowest BCUT2D eigenvalue weighted by Crippen LogP contribution is -2.42. The largest absolute Gasteiger partial charge is 0.381 e. The molecule has 1 aromatic rings. The van der Waals surface area contributed by atoms with Gasteiger partial charge in [0.2, 0.25) is 0 Å². The average molecular weight is 289 g/mol. The molecule has 0 radical (unpaired) electrons. The fourth-order valence-electron chi connectivity index (χ4n) is 2.49. The molecule has 1 aliphatic heterocycles. The van der Waals surface area contributed by atoms with E-state index in [9.17, 15) is 0 Å². The van der Waals surface area contributed by atoms with Gasteiger partial charge in [-0.25, -0.2) is 0 Å². The van der Waals surface area contributed by atoms with Gasteiger partial charge in [0.25, 0.3) is 0 Å². The van der Waals surface area contributed by atoms with Gasteiger partial charge in [-0.3, -0.25) is 10.1 Å². The molecule has 0 atom stereocenters. The second-order valence-corrected chi connectivity index (χ2v) is 5.59. The molecule has 0 unspecified atom stereocenters. The Hall–Kier alpha value is -2.23. The Labute approximate surface area is 125 Å². The lowest BCUT2D eigenvalue weighted by molar-refractivity contribution is 0.277. The van der Waals surface area contributed by atoms with Gasteiger partial charge < -0.3 is 16.4 Å². The highest BCUT2D eigenvalue weighted by atomic mass is 15.3. The molecule has 0 spiro atoms. The van der Waals surface area contributed by atoms with Gasteiger partial charge in [-0.1, -0.05) is 6.92 Å². The molecule has 0 bridgehead atoms. The van der Waals surface area contributed by atoms with Crippen molar-refractivity contribution in [1.82, 2.24) is 15.1 Å². The van der Waals surface area contributed by atoms with E-state index in [2.05, 4.69) is 33.1 Å². The summed E-state index contributed by atoms with van der Waals surface area (Å²) in [5.41, 5.74) is 12.8. The Morgan fingerprint density at radius 3 is 2.90 bits per heavy atom. The zero-order chi connectivity index (χ0) is 15.2. The first-order valence-corrected chi connectivity index (χ1v) is 7.39. The van der Waals surface area contributed by atoms with E-state index in [4.69, 9.17) is 16.7 Å². The van der Waals surface area contributed by atoms with Crippen LogP contribution in [0.1, 0.15) is 37.4 Å². The van der Waals surface area contributed by atoms with Gasteiger partial charge in [-0.05, 0) is 31.6 Å². The fraction of sp³-hybridized carbons (Fsp3) is 0.643. The highest BCUT2D eigenvalue weighted by Gasteiger charge is 2.16. The van der Waals surface area contributed by atoms with E-state index in [0.717, 1.165) is 31.1 Å². The number of nitrogens with two attached hydrogens (primary N) is 2. The van der Waals surface area contributed by atoms with Crippen molar-refractivity contribution in [3.63, 3.8) is 0 Å². The number of aromatic nitrogens is 2. The van der Waals surface area contributed by atoms with Crippen LogP contribution < -0.4 is 11.5 Å².